The molecule has 0 spiro atoms. The van der Waals surface area contributed by atoms with Crippen LogP contribution < -0.4 is 0 Å². The van der Waals surface area contributed by atoms with Crippen molar-refractivity contribution in [2.24, 2.45) is 0 Å². The SMILES string of the molecule is O=C(O)C(O)C=C=Cc1ccccc1. The summed E-state index contributed by atoms with van der Waals surface area (Å²) in [5.41, 5.74) is 3.51. The van der Waals surface area contributed by atoms with Crippen LogP contribution in [0.4, 0.5) is 0 Å². The molecule has 0 aliphatic rings. The van der Waals surface area contributed by atoms with Crippen LogP contribution in [0.5, 0.6) is 0 Å². The average molecular weight is 190 g/mol. The molecule has 72 valence electrons. The Hall–Kier alpha value is -1.83. The van der Waals surface area contributed by atoms with E-state index in [2.05, 4.69) is 5.73 Å². The topological polar surface area (TPSA) is 57.5 Å². The minimum Gasteiger partial charge on any atom is -0.479 e. The summed E-state index contributed by atoms with van der Waals surface area (Å²) in [5, 5.41) is 17.2. The predicted molar refractivity (Wildman–Crippen MR) is 52.6 cm³/mol. The first-order chi connectivity index (χ1) is 6.70. The van der Waals surface area contributed by atoms with Crippen molar-refractivity contribution in [1.82, 2.24) is 0 Å². The summed E-state index contributed by atoms with van der Waals surface area (Å²) in [6.45, 7) is 0. The Labute approximate surface area is 81.6 Å². The molecule has 0 amide bonds. The largest absolute Gasteiger partial charge is 0.479 e. The number of hydrogen-bond donors (Lipinski definition) is 2. The smallest absolute Gasteiger partial charge is 0.337 e. The number of carbonyl (C=O) groups is 1. The van der Waals surface area contributed by atoms with Crippen LogP contribution in [0.2, 0.25) is 0 Å². The van der Waals surface area contributed by atoms with E-state index in [-0.39, 0.29) is 0 Å². The van der Waals surface area contributed by atoms with Gasteiger partial charge in [-0.1, -0.05) is 30.3 Å². The van der Waals surface area contributed by atoms with Gasteiger partial charge in [-0.05, 0) is 17.7 Å². The Kier molecular flexibility index (Phi) is 3.68. The second-order valence-corrected chi connectivity index (χ2v) is 2.67. The first-order valence-corrected chi connectivity index (χ1v) is 4.08. The molecule has 1 unspecified atom stereocenters. The molecule has 0 fully saturated rings. The molecule has 2 N–H and O–H groups in total. The standard InChI is InChI=1S/C11H10O3/c12-10(11(13)14)8-4-7-9-5-2-1-3-6-9/h1-3,5-8,10,12H,(H,13,14). The molecule has 0 saturated heterocycles. The number of aliphatic carboxylic acids is 1. The monoisotopic (exact) mass is 190 g/mol. The summed E-state index contributed by atoms with van der Waals surface area (Å²) in [6, 6.07) is 9.32. The lowest BCUT2D eigenvalue weighted by atomic mass is 10.2. The number of aliphatic hydroxyl groups excluding tert-OH is 1. The van der Waals surface area contributed by atoms with Gasteiger partial charge in [-0.15, -0.1) is 5.73 Å². The highest BCUT2D eigenvalue weighted by Gasteiger charge is 2.06. The van der Waals surface area contributed by atoms with Crippen molar-refractivity contribution < 1.29 is 15.0 Å². The maximum Gasteiger partial charge on any atom is 0.337 e. The molecule has 0 radical (unpaired) electrons. The summed E-state index contributed by atoms with van der Waals surface area (Å²) < 4.78 is 0. The Morgan fingerprint density at radius 1 is 1.36 bits per heavy atom. The first kappa shape index (κ1) is 10.3. The minimum atomic E-state index is -1.49. The van der Waals surface area contributed by atoms with Crippen molar-refractivity contribution in [1.29, 1.82) is 0 Å². The van der Waals surface area contributed by atoms with Crippen molar-refractivity contribution in [3.63, 3.8) is 0 Å². The zero-order chi connectivity index (χ0) is 10.4. The predicted octanol–water partition coefficient (Wildman–Crippen LogP) is 1.30. The van der Waals surface area contributed by atoms with E-state index in [0.717, 1.165) is 11.6 Å². The van der Waals surface area contributed by atoms with E-state index in [9.17, 15) is 4.79 Å². The molecule has 0 aliphatic heterocycles. The van der Waals surface area contributed by atoms with Gasteiger partial charge in [0.1, 0.15) is 0 Å². The molecule has 14 heavy (non-hydrogen) atoms. The van der Waals surface area contributed by atoms with Crippen molar-refractivity contribution in [3.8, 4) is 0 Å². The zero-order valence-corrected chi connectivity index (χ0v) is 7.42. The Balaban J connectivity index is 2.69. The number of rotatable bonds is 3. The lowest BCUT2D eigenvalue weighted by Crippen LogP contribution is -2.15. The van der Waals surface area contributed by atoms with Gasteiger partial charge in [0, 0.05) is 0 Å². The number of carboxylic acids is 1. The Bertz CT molecular complexity index is 361. The normalized spacial score (nSPS) is 11.2. The second kappa shape index (κ2) is 5.02. The van der Waals surface area contributed by atoms with Crippen LogP contribution in [0.3, 0.4) is 0 Å². The van der Waals surface area contributed by atoms with Gasteiger partial charge in [-0.3, -0.25) is 0 Å². The number of aliphatic hydroxyl groups is 1. The second-order valence-electron chi connectivity index (χ2n) is 2.67. The summed E-state index contributed by atoms with van der Waals surface area (Å²) in [4.78, 5) is 10.2. The lowest BCUT2D eigenvalue weighted by molar-refractivity contribution is -0.144. The van der Waals surface area contributed by atoms with Crippen LogP contribution in [-0.4, -0.2) is 22.3 Å². The van der Waals surface area contributed by atoms with E-state index in [0.29, 0.717) is 0 Å². The van der Waals surface area contributed by atoms with Crippen molar-refractivity contribution in [2.45, 2.75) is 6.10 Å². The fourth-order valence-corrected chi connectivity index (χ4v) is 0.856. The zero-order valence-electron chi connectivity index (χ0n) is 7.42. The number of carboxylic acid groups (broad SMARTS) is 1. The molecule has 1 aromatic rings. The quantitative estimate of drug-likeness (QED) is 0.706. The fourth-order valence-electron chi connectivity index (χ4n) is 0.856. The average Bonchev–Trinajstić information content (AvgIpc) is 2.19. The van der Waals surface area contributed by atoms with Gasteiger partial charge in [-0.2, -0.15) is 0 Å². The van der Waals surface area contributed by atoms with Gasteiger partial charge in [0.2, 0.25) is 0 Å². The molecular formula is C11H10O3. The van der Waals surface area contributed by atoms with Gasteiger partial charge in [-0.25, -0.2) is 4.79 Å². The van der Waals surface area contributed by atoms with Gasteiger partial charge >= 0.3 is 5.97 Å². The highest BCUT2D eigenvalue weighted by atomic mass is 16.4. The summed E-state index contributed by atoms with van der Waals surface area (Å²) in [7, 11) is 0. The third-order valence-corrected chi connectivity index (χ3v) is 1.56. The van der Waals surface area contributed by atoms with Crippen LogP contribution in [0.1, 0.15) is 5.56 Å². The molecule has 3 nitrogen and oxygen atoms in total. The minimum absolute atomic E-state index is 0.904. The highest BCUT2D eigenvalue weighted by molar-refractivity contribution is 5.74. The van der Waals surface area contributed by atoms with E-state index < -0.39 is 12.1 Å². The van der Waals surface area contributed by atoms with Crippen LogP contribution in [0.15, 0.2) is 42.1 Å². The van der Waals surface area contributed by atoms with E-state index in [1.54, 1.807) is 6.08 Å². The van der Waals surface area contributed by atoms with Gasteiger partial charge in [0.15, 0.2) is 6.10 Å². The molecule has 0 aromatic heterocycles. The molecule has 0 heterocycles. The summed E-state index contributed by atoms with van der Waals surface area (Å²) >= 11 is 0. The Morgan fingerprint density at radius 3 is 2.57 bits per heavy atom. The van der Waals surface area contributed by atoms with Crippen LogP contribution in [-0.2, 0) is 4.79 Å². The summed E-state index contributed by atoms with van der Waals surface area (Å²) in [5.74, 6) is -1.28. The molecular weight excluding hydrogens is 180 g/mol. The van der Waals surface area contributed by atoms with E-state index in [1.807, 2.05) is 30.3 Å². The van der Waals surface area contributed by atoms with Gasteiger partial charge in [0.25, 0.3) is 0 Å². The summed E-state index contributed by atoms with van der Waals surface area (Å²) in [6.07, 6.45) is 1.21. The maximum atomic E-state index is 10.2. The highest BCUT2D eigenvalue weighted by Crippen LogP contribution is 1.99. The van der Waals surface area contributed by atoms with Gasteiger partial charge in [0.05, 0.1) is 0 Å². The van der Waals surface area contributed by atoms with Crippen LogP contribution >= 0.6 is 0 Å². The molecule has 0 bridgehead atoms. The third kappa shape index (κ3) is 3.27. The Morgan fingerprint density at radius 2 is 2.00 bits per heavy atom. The van der Waals surface area contributed by atoms with Crippen LogP contribution in [0, 0.1) is 0 Å². The van der Waals surface area contributed by atoms with Gasteiger partial charge < -0.3 is 10.2 Å². The molecule has 0 saturated carbocycles. The first-order valence-electron chi connectivity index (χ1n) is 4.08. The lowest BCUT2D eigenvalue weighted by Gasteiger charge is -1.92. The molecule has 1 rings (SSSR count). The molecule has 3 heteroatoms. The molecule has 1 aromatic carbocycles. The van der Waals surface area contributed by atoms with E-state index >= 15 is 0 Å². The van der Waals surface area contributed by atoms with Crippen molar-refractivity contribution in [3.05, 3.63) is 47.7 Å². The van der Waals surface area contributed by atoms with Crippen molar-refractivity contribution in [2.75, 3.05) is 0 Å². The fraction of sp³-hybridized carbons (Fsp3) is 0.0909. The number of hydrogen-bond acceptors (Lipinski definition) is 2. The van der Waals surface area contributed by atoms with Crippen LogP contribution in [0.25, 0.3) is 6.08 Å². The van der Waals surface area contributed by atoms with E-state index in [4.69, 9.17) is 10.2 Å². The maximum absolute atomic E-state index is 10.2. The number of benzene rings is 1. The van der Waals surface area contributed by atoms with Crippen molar-refractivity contribution >= 4 is 12.0 Å². The van der Waals surface area contributed by atoms with E-state index in [1.165, 1.54) is 0 Å². The molecule has 1 atom stereocenters. The molecule has 0 aliphatic carbocycles. The third-order valence-electron chi connectivity index (χ3n) is 1.56.